The van der Waals surface area contributed by atoms with Crippen LogP contribution < -0.4 is 9.80 Å². The van der Waals surface area contributed by atoms with Crippen LogP contribution in [0.3, 0.4) is 0 Å². The van der Waals surface area contributed by atoms with Crippen LogP contribution in [0.1, 0.15) is 102 Å². The number of nitrogens with zero attached hydrogens (tertiary/aromatic N) is 2. The van der Waals surface area contributed by atoms with E-state index in [-0.39, 0.29) is 22.2 Å². The van der Waals surface area contributed by atoms with Gasteiger partial charge in [0.25, 0.3) is 0 Å². The highest BCUT2D eigenvalue weighted by molar-refractivity contribution is 5.64. The first-order valence-electron chi connectivity index (χ1n) is 13.8. The number of aryl methyl sites for hydroxylation is 4. The number of hydrogen-bond donors (Lipinski definition) is 0. The largest absolute Gasteiger partial charge is 0.361 e. The number of anilines is 2. The van der Waals surface area contributed by atoms with Gasteiger partial charge in [0.1, 0.15) is 0 Å². The Morgan fingerprint density at radius 3 is 1.18 bits per heavy atom. The predicted octanol–water partition coefficient (Wildman–Crippen LogP) is 8.78. The van der Waals surface area contributed by atoms with E-state index in [1.165, 1.54) is 16.8 Å². The van der Waals surface area contributed by atoms with E-state index in [9.17, 15) is 0 Å². The molecular weight excluding hydrogens is 400 g/mol. The summed E-state index contributed by atoms with van der Waals surface area (Å²) in [7, 11) is 0. The second-order valence-corrected chi connectivity index (χ2v) is 13.0. The van der Waals surface area contributed by atoms with Gasteiger partial charge < -0.3 is 9.80 Å². The number of rotatable bonds is 6. The van der Waals surface area contributed by atoms with Gasteiger partial charge in [-0.05, 0) is 126 Å². The molecule has 0 radical (unpaired) electrons. The molecule has 2 nitrogen and oxygen atoms in total. The van der Waals surface area contributed by atoms with E-state index in [0.29, 0.717) is 5.56 Å². The van der Waals surface area contributed by atoms with Crippen LogP contribution in [0.4, 0.5) is 11.4 Å². The predicted molar refractivity (Wildman–Crippen MR) is 149 cm³/mol. The molecule has 0 N–H and O–H groups in total. The Labute approximate surface area is 209 Å². The minimum absolute atomic E-state index is 0.116. The highest BCUT2D eigenvalue weighted by Gasteiger charge is 2.44. The lowest BCUT2D eigenvalue weighted by Gasteiger charge is -2.57. The molecule has 0 saturated heterocycles. The van der Waals surface area contributed by atoms with E-state index in [2.05, 4.69) is 111 Å². The van der Waals surface area contributed by atoms with E-state index < -0.39 is 6.85 Å². The third-order valence-electron chi connectivity index (χ3n) is 6.54. The lowest BCUT2D eigenvalue weighted by Crippen LogP contribution is -2.62. The Morgan fingerprint density at radius 2 is 0.879 bits per heavy atom. The fraction of sp³-hybridized carbons (Fsp3) is 0.613. The highest BCUT2D eigenvalue weighted by atomic mass is 15.3. The minimum Gasteiger partial charge on any atom is -0.361 e. The van der Waals surface area contributed by atoms with Crippen molar-refractivity contribution in [2.75, 3.05) is 9.80 Å². The Bertz CT molecular complexity index is 1050. The van der Waals surface area contributed by atoms with Crippen LogP contribution in [0.5, 0.6) is 0 Å². The van der Waals surface area contributed by atoms with Gasteiger partial charge >= 0.3 is 0 Å². The zero-order chi connectivity index (χ0) is 28.1. The molecule has 2 aromatic rings. The van der Waals surface area contributed by atoms with E-state index in [0.717, 1.165) is 17.7 Å². The SMILES string of the molecule is [2H]C([2H])([2H])c1cccc(C)c1N(C(C)(C)C)C(C)(C)CC(C)(C)N(c1c(C)cccc1C)C(C)(C)C. The van der Waals surface area contributed by atoms with Gasteiger partial charge in [-0.15, -0.1) is 0 Å². The zero-order valence-electron chi connectivity index (χ0n) is 26.6. The first kappa shape index (κ1) is 22.8. The molecule has 0 amide bonds. The second-order valence-electron chi connectivity index (χ2n) is 13.0. The molecule has 0 aromatic heterocycles. The Kier molecular flexibility index (Phi) is 6.23. The van der Waals surface area contributed by atoms with Gasteiger partial charge in [0.15, 0.2) is 0 Å². The molecule has 0 atom stereocenters. The molecule has 0 aliphatic heterocycles. The standard InChI is InChI=1S/C31H50N2/c1-22-17-15-18-23(2)26(22)32(28(5,6)7)30(11,12)21-31(13,14)33(29(8,9)10)27-24(3)19-16-20-25(27)4/h15-20H,21H2,1-14H3/i1D3. The molecule has 0 saturated carbocycles. The number of para-hydroxylation sites is 2. The molecule has 2 aromatic carbocycles. The van der Waals surface area contributed by atoms with Gasteiger partial charge in [-0.1, -0.05) is 36.4 Å². The number of hydrogen-bond acceptors (Lipinski definition) is 2. The smallest absolute Gasteiger partial charge is 0.0434 e. The summed E-state index contributed by atoms with van der Waals surface area (Å²) in [5, 5.41) is 0. The van der Waals surface area contributed by atoms with Gasteiger partial charge in [0.2, 0.25) is 0 Å². The van der Waals surface area contributed by atoms with Crippen molar-refractivity contribution in [3.8, 4) is 0 Å². The molecule has 2 rings (SSSR count). The van der Waals surface area contributed by atoms with Crippen LogP contribution in [0.2, 0.25) is 0 Å². The normalized spacial score (nSPS) is 15.0. The summed E-state index contributed by atoms with van der Waals surface area (Å²) in [6, 6.07) is 12.2. The average Bonchev–Trinajstić information content (AvgIpc) is 2.61. The van der Waals surface area contributed by atoms with Gasteiger partial charge in [0.05, 0.1) is 0 Å². The molecule has 0 heterocycles. The quantitative estimate of drug-likeness (QED) is 0.431. The summed E-state index contributed by atoms with van der Waals surface area (Å²) < 4.78 is 24.9. The maximum atomic E-state index is 8.30. The fourth-order valence-corrected chi connectivity index (χ4v) is 6.42. The Balaban J connectivity index is 2.75. The van der Waals surface area contributed by atoms with Crippen molar-refractivity contribution < 1.29 is 4.11 Å². The van der Waals surface area contributed by atoms with E-state index in [4.69, 9.17) is 4.11 Å². The lowest BCUT2D eigenvalue weighted by molar-refractivity contribution is 0.249. The van der Waals surface area contributed by atoms with Gasteiger partial charge in [-0.3, -0.25) is 0 Å². The van der Waals surface area contributed by atoms with Crippen LogP contribution in [-0.2, 0) is 0 Å². The summed E-state index contributed by atoms with van der Waals surface area (Å²) in [6.45, 7) is 26.8. The van der Waals surface area contributed by atoms with Crippen molar-refractivity contribution in [1.29, 1.82) is 0 Å². The van der Waals surface area contributed by atoms with Gasteiger partial charge in [-0.25, -0.2) is 0 Å². The Morgan fingerprint density at radius 1 is 0.576 bits per heavy atom. The molecule has 0 unspecified atom stereocenters. The monoisotopic (exact) mass is 453 g/mol. The molecule has 2 heteroatoms. The van der Waals surface area contributed by atoms with Crippen LogP contribution in [-0.4, -0.2) is 22.2 Å². The Hall–Kier alpha value is -1.96. The number of benzene rings is 2. The minimum atomic E-state index is -2.19. The van der Waals surface area contributed by atoms with Crippen molar-refractivity contribution in [3.05, 3.63) is 58.7 Å². The maximum absolute atomic E-state index is 8.30. The van der Waals surface area contributed by atoms with E-state index >= 15 is 0 Å². The van der Waals surface area contributed by atoms with Crippen molar-refractivity contribution in [1.82, 2.24) is 0 Å². The van der Waals surface area contributed by atoms with Crippen molar-refractivity contribution in [2.24, 2.45) is 0 Å². The van der Waals surface area contributed by atoms with E-state index in [1.54, 1.807) is 6.07 Å². The summed E-state index contributed by atoms with van der Waals surface area (Å²) >= 11 is 0. The topological polar surface area (TPSA) is 6.48 Å². The van der Waals surface area contributed by atoms with Crippen molar-refractivity contribution in [3.63, 3.8) is 0 Å². The van der Waals surface area contributed by atoms with Crippen LogP contribution in [0, 0.1) is 27.6 Å². The molecule has 0 aliphatic carbocycles. The fourth-order valence-electron chi connectivity index (χ4n) is 6.42. The van der Waals surface area contributed by atoms with Crippen LogP contribution in [0.15, 0.2) is 36.4 Å². The third kappa shape index (κ3) is 5.76. The molecule has 184 valence electrons. The van der Waals surface area contributed by atoms with Crippen LogP contribution >= 0.6 is 0 Å². The van der Waals surface area contributed by atoms with Crippen LogP contribution in [0.25, 0.3) is 0 Å². The molecule has 0 aliphatic rings. The van der Waals surface area contributed by atoms with Gasteiger partial charge in [-0.2, -0.15) is 0 Å². The second kappa shape index (κ2) is 9.01. The third-order valence-corrected chi connectivity index (χ3v) is 6.54. The lowest BCUT2D eigenvalue weighted by atomic mass is 9.78. The van der Waals surface area contributed by atoms with Gasteiger partial charge in [0, 0.05) is 37.6 Å². The summed E-state index contributed by atoms with van der Waals surface area (Å²) in [5.41, 5.74) is 5.08. The first-order valence-corrected chi connectivity index (χ1v) is 12.3. The molecule has 33 heavy (non-hydrogen) atoms. The summed E-state index contributed by atoms with van der Waals surface area (Å²) in [5.74, 6) is 0. The zero-order valence-corrected chi connectivity index (χ0v) is 23.6. The molecule has 0 fully saturated rings. The molecule has 0 spiro atoms. The van der Waals surface area contributed by atoms with Crippen molar-refractivity contribution >= 4 is 11.4 Å². The summed E-state index contributed by atoms with van der Waals surface area (Å²) in [6.07, 6.45) is 0.830. The summed E-state index contributed by atoms with van der Waals surface area (Å²) in [4.78, 5) is 4.94. The molecule has 0 bridgehead atoms. The van der Waals surface area contributed by atoms with E-state index in [1.807, 2.05) is 19.1 Å². The first-order chi connectivity index (χ1) is 16.0. The maximum Gasteiger partial charge on any atom is 0.0434 e. The van der Waals surface area contributed by atoms with Crippen molar-refractivity contribution in [2.45, 2.75) is 125 Å². The highest BCUT2D eigenvalue weighted by Crippen LogP contribution is 2.44. The average molecular weight is 454 g/mol. The molecular formula is C31H50N2.